The summed E-state index contributed by atoms with van der Waals surface area (Å²) in [6.45, 7) is 12.9. The van der Waals surface area contributed by atoms with E-state index in [1.807, 2.05) is 25.1 Å². The van der Waals surface area contributed by atoms with Crippen molar-refractivity contribution in [2.75, 3.05) is 44.9 Å². The van der Waals surface area contributed by atoms with E-state index in [1.54, 1.807) is 24.9 Å². The van der Waals surface area contributed by atoms with Gasteiger partial charge < -0.3 is 24.0 Å². The number of halogens is 1. The van der Waals surface area contributed by atoms with Crippen molar-refractivity contribution in [3.05, 3.63) is 58.1 Å². The Hall–Kier alpha value is -2.66. The van der Waals surface area contributed by atoms with Crippen LogP contribution in [0.15, 0.2) is 36.4 Å². The van der Waals surface area contributed by atoms with E-state index in [2.05, 4.69) is 42.5 Å². The molecule has 0 radical (unpaired) electrons. The molecule has 1 saturated carbocycles. The highest BCUT2D eigenvalue weighted by Crippen LogP contribution is 2.43. The Bertz CT molecular complexity index is 1500. The van der Waals surface area contributed by atoms with Crippen LogP contribution in [0.4, 0.5) is 5.69 Å². The zero-order chi connectivity index (χ0) is 35.9. The first kappa shape index (κ1) is 38.6. The summed E-state index contributed by atoms with van der Waals surface area (Å²) in [6, 6.07) is 11.7. The lowest BCUT2D eigenvalue weighted by Crippen LogP contribution is -2.48. The zero-order valence-corrected chi connectivity index (χ0v) is 32.2. The van der Waals surface area contributed by atoms with Crippen LogP contribution in [0.3, 0.4) is 0 Å². The van der Waals surface area contributed by atoms with Crippen LogP contribution < -0.4 is 14.4 Å². The van der Waals surface area contributed by atoms with Gasteiger partial charge in [0.25, 0.3) is 5.91 Å². The number of carbonyl (C=O) groups is 2. The van der Waals surface area contributed by atoms with Gasteiger partial charge >= 0.3 is 0 Å². The van der Waals surface area contributed by atoms with Gasteiger partial charge in [-0.3, -0.25) is 14.3 Å². The number of ether oxygens (including phenoxy) is 3. The molecule has 1 saturated heterocycles. The fourth-order valence-corrected chi connectivity index (χ4v) is 8.71. The molecule has 5 rings (SSSR count). The molecule has 1 N–H and O–H groups in total. The molecule has 3 aliphatic rings. The molecule has 0 spiro atoms. The minimum Gasteiger partial charge on any atom is -0.491 e. The monoisotopic (exact) mass is 729 g/mol. The molecule has 11 heteroatoms. The van der Waals surface area contributed by atoms with Gasteiger partial charge in [-0.15, -0.1) is 0 Å². The Balaban J connectivity index is 1.35. The van der Waals surface area contributed by atoms with Crippen molar-refractivity contribution in [3.8, 4) is 5.75 Å². The third-order valence-electron chi connectivity index (χ3n) is 11.1. The maximum Gasteiger partial charge on any atom is 0.263 e. The number of anilines is 1. The lowest BCUT2D eigenvalue weighted by atomic mass is 9.71. The van der Waals surface area contributed by atoms with E-state index in [0.29, 0.717) is 37.2 Å². The first-order valence-electron chi connectivity index (χ1n) is 18.5. The molecular weight excluding hydrogens is 674 g/mol. The number of rotatable bonds is 14. The summed E-state index contributed by atoms with van der Waals surface area (Å²) in [4.78, 5) is 29.4. The predicted molar refractivity (Wildman–Crippen MR) is 200 cm³/mol. The van der Waals surface area contributed by atoms with E-state index >= 15 is 0 Å². The quantitative estimate of drug-likeness (QED) is 0.221. The third kappa shape index (κ3) is 9.41. The molecule has 2 fully saturated rings. The van der Waals surface area contributed by atoms with E-state index in [9.17, 15) is 13.8 Å². The number of likely N-dealkylation sites (N-methyl/N-ethyl adjacent to an activating group) is 1. The lowest BCUT2D eigenvalue weighted by molar-refractivity contribution is -0.214. The summed E-state index contributed by atoms with van der Waals surface area (Å²) in [6.07, 6.45) is 6.65. The van der Waals surface area contributed by atoms with Crippen molar-refractivity contribution in [2.24, 2.45) is 17.8 Å². The van der Waals surface area contributed by atoms with Gasteiger partial charge in [0.05, 0.1) is 36.8 Å². The standard InChI is InChI=1S/C39H56ClN3O6S/c1-7-9-25(3)26(4)50(46)41-39(45)30-13-16-37-36(18-30)43(21-32(22-47-37)35-15-14-33(40)17-29(35)10-8-2)20-31-12-11-28(31)19-38-48-23-34(24-49-38)42(6)27(5)44/h13-18,25-26,28,31-32,34,38H,7-12,19-24H2,1-6H3,(H,41,45). The Labute approximate surface area is 306 Å². The van der Waals surface area contributed by atoms with Crippen molar-refractivity contribution in [2.45, 2.75) is 103 Å². The average molecular weight is 730 g/mol. The zero-order valence-electron chi connectivity index (χ0n) is 30.6. The number of fused-ring (bicyclic) bond motifs is 1. The largest absolute Gasteiger partial charge is 0.491 e. The summed E-state index contributed by atoms with van der Waals surface area (Å²) >= 11 is 6.45. The minimum absolute atomic E-state index is 0.00478. The van der Waals surface area contributed by atoms with Crippen molar-refractivity contribution >= 4 is 40.1 Å². The van der Waals surface area contributed by atoms with E-state index in [1.165, 1.54) is 11.1 Å². The smallest absolute Gasteiger partial charge is 0.263 e. The van der Waals surface area contributed by atoms with Crippen LogP contribution in [0.2, 0.25) is 5.02 Å². The third-order valence-corrected chi connectivity index (χ3v) is 12.9. The van der Waals surface area contributed by atoms with Gasteiger partial charge in [0.1, 0.15) is 16.7 Å². The fourth-order valence-electron chi connectivity index (χ4n) is 7.47. The number of carbonyl (C=O) groups excluding carboxylic acids is 2. The lowest BCUT2D eigenvalue weighted by Gasteiger charge is -2.43. The van der Waals surface area contributed by atoms with Crippen molar-refractivity contribution in [1.82, 2.24) is 9.62 Å². The SMILES string of the molecule is CCCc1cc(Cl)ccc1C1COc2ccc(C(=O)NS(=O)C(C)C(C)CCC)cc2N(CC2CCC2CC2OCC(N(C)C(C)=O)CO2)C1. The molecule has 9 nitrogen and oxygen atoms in total. The molecule has 0 bridgehead atoms. The first-order chi connectivity index (χ1) is 24.0. The minimum atomic E-state index is -1.49. The van der Waals surface area contributed by atoms with Gasteiger partial charge in [0.2, 0.25) is 5.91 Å². The Morgan fingerprint density at radius 3 is 2.44 bits per heavy atom. The molecule has 276 valence electrons. The highest BCUT2D eigenvalue weighted by Gasteiger charge is 2.38. The van der Waals surface area contributed by atoms with Gasteiger partial charge in [0, 0.05) is 50.0 Å². The Kier molecular flexibility index (Phi) is 13.7. The Morgan fingerprint density at radius 1 is 1.04 bits per heavy atom. The molecule has 50 heavy (non-hydrogen) atoms. The van der Waals surface area contributed by atoms with E-state index in [0.717, 1.165) is 74.5 Å². The van der Waals surface area contributed by atoms with Crippen LogP contribution in [-0.2, 0) is 31.7 Å². The summed E-state index contributed by atoms with van der Waals surface area (Å²) < 4.78 is 34.6. The number of benzene rings is 2. The number of hydrogen-bond acceptors (Lipinski definition) is 7. The van der Waals surface area contributed by atoms with Crippen molar-refractivity contribution < 1.29 is 28.0 Å². The highest BCUT2D eigenvalue weighted by atomic mass is 35.5. The Morgan fingerprint density at radius 2 is 1.78 bits per heavy atom. The highest BCUT2D eigenvalue weighted by molar-refractivity contribution is 7.84. The molecular formula is C39H56ClN3O6S. The van der Waals surface area contributed by atoms with Gasteiger partial charge in [-0.25, -0.2) is 4.21 Å². The second kappa shape index (κ2) is 17.7. The van der Waals surface area contributed by atoms with Crippen LogP contribution in [0, 0.1) is 17.8 Å². The molecule has 2 aromatic carbocycles. The molecule has 2 heterocycles. The van der Waals surface area contributed by atoms with E-state index < -0.39 is 11.0 Å². The van der Waals surface area contributed by atoms with E-state index in [-0.39, 0.29) is 41.2 Å². The predicted octanol–water partition coefficient (Wildman–Crippen LogP) is 7.13. The van der Waals surface area contributed by atoms with Crippen LogP contribution in [0.5, 0.6) is 5.75 Å². The van der Waals surface area contributed by atoms with Crippen LogP contribution >= 0.6 is 11.6 Å². The summed E-state index contributed by atoms with van der Waals surface area (Å²) in [7, 11) is 0.294. The van der Waals surface area contributed by atoms with Gasteiger partial charge in [-0.2, -0.15) is 0 Å². The van der Waals surface area contributed by atoms with Crippen LogP contribution in [0.25, 0.3) is 0 Å². The van der Waals surface area contributed by atoms with Gasteiger partial charge in [0.15, 0.2) is 6.29 Å². The second-order valence-electron chi connectivity index (χ2n) is 14.6. The maximum absolute atomic E-state index is 13.5. The molecule has 2 aliphatic heterocycles. The van der Waals surface area contributed by atoms with Crippen LogP contribution in [0.1, 0.15) is 101 Å². The van der Waals surface area contributed by atoms with Crippen LogP contribution in [-0.4, -0.2) is 78.5 Å². The topological polar surface area (TPSA) is 97.4 Å². The summed E-state index contributed by atoms with van der Waals surface area (Å²) in [5, 5.41) is 0.590. The molecule has 6 atom stereocenters. The average Bonchev–Trinajstić information content (AvgIpc) is 3.27. The number of aryl methyl sites for hydroxylation is 1. The molecule has 6 unspecified atom stereocenters. The number of nitrogens with one attached hydrogen (secondary N) is 1. The molecule has 0 aromatic heterocycles. The van der Waals surface area contributed by atoms with Gasteiger partial charge in [-0.05, 0) is 91.8 Å². The summed E-state index contributed by atoms with van der Waals surface area (Å²) in [5.74, 6) is 1.60. The molecule has 2 aromatic rings. The molecule has 2 amide bonds. The normalized spacial score (nSPS) is 25.3. The summed E-state index contributed by atoms with van der Waals surface area (Å²) in [5.41, 5.74) is 3.85. The number of amides is 2. The van der Waals surface area contributed by atoms with E-state index in [4.69, 9.17) is 25.8 Å². The number of nitrogens with zero attached hydrogens (tertiary/aromatic N) is 2. The molecule has 1 aliphatic carbocycles. The fraction of sp³-hybridized carbons (Fsp3) is 0.641. The van der Waals surface area contributed by atoms with Crippen molar-refractivity contribution in [1.29, 1.82) is 0 Å². The van der Waals surface area contributed by atoms with Gasteiger partial charge in [-0.1, -0.05) is 51.3 Å². The second-order valence-corrected chi connectivity index (χ2v) is 16.6. The van der Waals surface area contributed by atoms with Crippen molar-refractivity contribution in [3.63, 3.8) is 0 Å². The number of hydrogen-bond donors (Lipinski definition) is 1. The first-order valence-corrected chi connectivity index (χ1v) is 20.1. The maximum atomic E-state index is 13.5.